The quantitative estimate of drug-likeness (QED) is 0.473. The molecule has 0 atom stereocenters. The summed E-state index contributed by atoms with van der Waals surface area (Å²) >= 11 is 6.08. The number of carbonyl (C=O) groups is 1. The minimum absolute atomic E-state index is 0.0557. The van der Waals surface area contributed by atoms with Crippen molar-refractivity contribution >= 4 is 46.4 Å². The van der Waals surface area contributed by atoms with Crippen LogP contribution >= 0.6 is 11.6 Å². The number of halogens is 1. The van der Waals surface area contributed by atoms with Crippen molar-refractivity contribution in [1.29, 1.82) is 0 Å². The van der Waals surface area contributed by atoms with Crippen LogP contribution in [-0.2, 0) is 0 Å². The van der Waals surface area contributed by atoms with E-state index < -0.39 is 5.97 Å². The van der Waals surface area contributed by atoms with E-state index in [1.807, 2.05) is 12.1 Å². The SMILES string of the molecule is COc1cc(Nc2nc(Nc3ccc(N4CCN(C)CC4)cc3)ncc2C(=O)O)ccc1Cl. The summed E-state index contributed by atoms with van der Waals surface area (Å²) in [5, 5.41) is 16.2. The van der Waals surface area contributed by atoms with Crippen LogP contribution in [0.4, 0.5) is 28.8 Å². The highest BCUT2D eigenvalue weighted by molar-refractivity contribution is 6.32. The van der Waals surface area contributed by atoms with Gasteiger partial charge in [0.1, 0.15) is 11.3 Å². The van der Waals surface area contributed by atoms with E-state index in [0.29, 0.717) is 16.5 Å². The van der Waals surface area contributed by atoms with E-state index >= 15 is 0 Å². The fourth-order valence-corrected chi connectivity index (χ4v) is 3.71. The lowest BCUT2D eigenvalue weighted by molar-refractivity contribution is 0.0697. The van der Waals surface area contributed by atoms with Gasteiger partial charge < -0.3 is 30.3 Å². The molecule has 0 bridgehead atoms. The van der Waals surface area contributed by atoms with Crippen LogP contribution in [0.15, 0.2) is 48.7 Å². The standard InChI is InChI=1S/C23H25ClN6O3/c1-29-9-11-30(12-10-29)17-6-3-15(4-7-17)27-23-25-14-18(22(31)32)21(28-23)26-16-5-8-19(24)20(13-16)33-2/h3-8,13-14H,9-12H2,1-2H3,(H,31,32)(H2,25,26,27,28). The number of hydrogen-bond donors (Lipinski definition) is 3. The maximum Gasteiger partial charge on any atom is 0.341 e. The number of nitrogens with one attached hydrogen (secondary N) is 2. The van der Waals surface area contributed by atoms with Crippen molar-refractivity contribution in [2.45, 2.75) is 0 Å². The summed E-state index contributed by atoms with van der Waals surface area (Å²) in [5.74, 6) is -0.248. The molecule has 0 spiro atoms. The predicted octanol–water partition coefficient (Wildman–Crippen LogP) is 4.08. The van der Waals surface area contributed by atoms with Gasteiger partial charge in [-0.15, -0.1) is 0 Å². The number of ether oxygens (including phenoxy) is 1. The Balaban J connectivity index is 1.52. The van der Waals surface area contributed by atoms with Gasteiger partial charge in [-0.3, -0.25) is 0 Å². The lowest BCUT2D eigenvalue weighted by atomic mass is 10.2. The molecule has 9 nitrogen and oxygen atoms in total. The Morgan fingerprint density at radius 3 is 2.42 bits per heavy atom. The summed E-state index contributed by atoms with van der Waals surface area (Å²) in [7, 11) is 3.64. The molecule has 0 aliphatic carbocycles. The number of nitrogens with zero attached hydrogens (tertiary/aromatic N) is 4. The summed E-state index contributed by atoms with van der Waals surface area (Å²) in [4.78, 5) is 24.9. The average molecular weight is 469 g/mol. The molecule has 0 unspecified atom stereocenters. The first-order valence-electron chi connectivity index (χ1n) is 10.4. The fourth-order valence-electron chi connectivity index (χ4n) is 3.52. The molecule has 33 heavy (non-hydrogen) atoms. The summed E-state index contributed by atoms with van der Waals surface area (Å²) in [5.41, 5.74) is 2.49. The van der Waals surface area contributed by atoms with Crippen LogP contribution in [0.2, 0.25) is 5.02 Å². The Labute approximate surface area is 197 Å². The Morgan fingerprint density at radius 1 is 1.06 bits per heavy atom. The van der Waals surface area contributed by atoms with Crippen LogP contribution in [-0.4, -0.2) is 66.3 Å². The lowest BCUT2D eigenvalue weighted by Gasteiger charge is -2.34. The average Bonchev–Trinajstić information content (AvgIpc) is 2.81. The van der Waals surface area contributed by atoms with Crippen molar-refractivity contribution in [3.05, 3.63) is 59.2 Å². The molecule has 4 rings (SSSR count). The third-order valence-electron chi connectivity index (χ3n) is 5.42. The highest BCUT2D eigenvalue weighted by atomic mass is 35.5. The van der Waals surface area contributed by atoms with Gasteiger partial charge in [0.25, 0.3) is 0 Å². The van der Waals surface area contributed by atoms with Gasteiger partial charge in [-0.2, -0.15) is 4.98 Å². The van der Waals surface area contributed by atoms with Gasteiger partial charge in [-0.05, 0) is 43.4 Å². The van der Waals surface area contributed by atoms with Crippen molar-refractivity contribution < 1.29 is 14.6 Å². The highest BCUT2D eigenvalue weighted by Gasteiger charge is 2.16. The predicted molar refractivity (Wildman–Crippen MR) is 130 cm³/mol. The first-order chi connectivity index (χ1) is 15.9. The molecule has 0 amide bonds. The topological polar surface area (TPSA) is 103 Å². The zero-order valence-corrected chi connectivity index (χ0v) is 19.1. The monoisotopic (exact) mass is 468 g/mol. The molecule has 1 aliphatic heterocycles. The molecule has 0 radical (unpaired) electrons. The van der Waals surface area contributed by atoms with E-state index in [4.69, 9.17) is 16.3 Å². The third kappa shape index (κ3) is 5.44. The van der Waals surface area contributed by atoms with Gasteiger partial charge >= 0.3 is 5.97 Å². The second-order valence-electron chi connectivity index (χ2n) is 7.70. The molecule has 2 heterocycles. The highest BCUT2D eigenvalue weighted by Crippen LogP contribution is 2.30. The minimum Gasteiger partial charge on any atom is -0.495 e. The Bertz CT molecular complexity index is 1130. The van der Waals surface area contributed by atoms with E-state index in [1.165, 1.54) is 13.3 Å². The summed E-state index contributed by atoms with van der Waals surface area (Å²) in [6, 6.07) is 13.1. The molecule has 0 saturated carbocycles. The summed E-state index contributed by atoms with van der Waals surface area (Å²) in [6.45, 7) is 4.07. The molecular weight excluding hydrogens is 444 g/mol. The largest absolute Gasteiger partial charge is 0.495 e. The van der Waals surface area contributed by atoms with E-state index in [0.717, 1.165) is 37.6 Å². The number of rotatable bonds is 7. The van der Waals surface area contributed by atoms with Gasteiger partial charge in [0.2, 0.25) is 5.95 Å². The van der Waals surface area contributed by atoms with E-state index in [-0.39, 0.29) is 17.3 Å². The second kappa shape index (κ2) is 9.93. The van der Waals surface area contributed by atoms with E-state index in [1.54, 1.807) is 18.2 Å². The van der Waals surface area contributed by atoms with Crippen LogP contribution in [0.5, 0.6) is 5.75 Å². The van der Waals surface area contributed by atoms with Gasteiger partial charge in [0.05, 0.1) is 12.1 Å². The fraction of sp³-hybridized carbons (Fsp3) is 0.261. The number of carboxylic acids is 1. The first kappa shape index (κ1) is 22.6. The number of likely N-dealkylation sites (N-methyl/N-ethyl adjacent to an activating group) is 1. The van der Waals surface area contributed by atoms with Crippen LogP contribution < -0.4 is 20.3 Å². The van der Waals surface area contributed by atoms with Gasteiger partial charge in [0.15, 0.2) is 5.82 Å². The normalized spacial score (nSPS) is 14.1. The third-order valence-corrected chi connectivity index (χ3v) is 5.74. The maximum atomic E-state index is 11.7. The first-order valence-corrected chi connectivity index (χ1v) is 10.8. The van der Waals surface area contributed by atoms with Gasteiger partial charge in [-0.1, -0.05) is 11.6 Å². The van der Waals surface area contributed by atoms with Crippen molar-refractivity contribution in [3.8, 4) is 5.75 Å². The number of aromatic nitrogens is 2. The Kier molecular flexibility index (Phi) is 6.81. The molecule has 10 heteroatoms. The van der Waals surface area contributed by atoms with Crippen molar-refractivity contribution in [3.63, 3.8) is 0 Å². The molecule has 1 aliphatic rings. The number of anilines is 5. The second-order valence-corrected chi connectivity index (χ2v) is 8.10. The smallest absolute Gasteiger partial charge is 0.341 e. The summed E-state index contributed by atoms with van der Waals surface area (Å²) in [6.07, 6.45) is 1.27. The van der Waals surface area contributed by atoms with Gasteiger partial charge in [0, 0.05) is 55.5 Å². The lowest BCUT2D eigenvalue weighted by Crippen LogP contribution is -2.44. The van der Waals surface area contributed by atoms with E-state index in [9.17, 15) is 9.90 Å². The molecule has 1 saturated heterocycles. The molecule has 3 aromatic rings. The van der Waals surface area contributed by atoms with Crippen molar-refractivity contribution in [2.75, 3.05) is 55.9 Å². The van der Waals surface area contributed by atoms with Crippen LogP contribution in [0.1, 0.15) is 10.4 Å². The molecule has 1 aromatic heterocycles. The zero-order valence-electron chi connectivity index (χ0n) is 18.4. The van der Waals surface area contributed by atoms with Crippen LogP contribution in [0, 0.1) is 0 Å². The maximum absolute atomic E-state index is 11.7. The molecule has 2 aromatic carbocycles. The molecular formula is C23H25ClN6O3. The zero-order chi connectivity index (χ0) is 23.4. The minimum atomic E-state index is -1.14. The molecule has 172 valence electrons. The Hall–Kier alpha value is -3.56. The van der Waals surface area contributed by atoms with Crippen molar-refractivity contribution in [2.24, 2.45) is 0 Å². The number of benzene rings is 2. The number of hydrogen-bond acceptors (Lipinski definition) is 8. The van der Waals surface area contributed by atoms with Crippen LogP contribution in [0.25, 0.3) is 0 Å². The van der Waals surface area contributed by atoms with Gasteiger partial charge in [-0.25, -0.2) is 9.78 Å². The van der Waals surface area contributed by atoms with Crippen molar-refractivity contribution in [1.82, 2.24) is 14.9 Å². The van der Waals surface area contributed by atoms with E-state index in [2.05, 4.69) is 49.6 Å². The Morgan fingerprint density at radius 2 is 1.76 bits per heavy atom. The number of carboxylic acid groups (broad SMARTS) is 1. The number of piperazine rings is 1. The summed E-state index contributed by atoms with van der Waals surface area (Å²) < 4.78 is 5.22. The van der Waals surface area contributed by atoms with Crippen LogP contribution in [0.3, 0.4) is 0 Å². The molecule has 1 fully saturated rings. The molecule has 3 N–H and O–H groups in total. The number of aromatic carboxylic acids is 1. The number of methoxy groups -OCH3 is 1.